The third-order valence-corrected chi connectivity index (χ3v) is 10.3. The van der Waals surface area contributed by atoms with E-state index < -0.39 is 40.2 Å². The third kappa shape index (κ3) is 9.49. The van der Waals surface area contributed by atoms with E-state index in [4.69, 9.17) is 27.9 Å². The van der Waals surface area contributed by atoms with Crippen LogP contribution in [-0.2, 0) is 32.6 Å². The standard InChI is InChI=1S/C36H38Cl2FN3O5S/c1-4-25(3)40-36(44)34(22-26-9-7-6-8-10-26)41(23-27-11-20-32(37)33(38)21-27)35(43)24-42(29-14-16-30(17-15-29)47-5-2)48(45,46)31-18-12-28(39)13-19-31/h6-21,25,34H,4-5,22-24H2,1-3H3,(H,40,44)/t25-,34+/m1/s1. The van der Waals surface area contributed by atoms with E-state index in [1.807, 2.05) is 51.1 Å². The maximum atomic E-state index is 14.6. The van der Waals surface area contributed by atoms with E-state index in [9.17, 15) is 22.4 Å². The quantitative estimate of drug-likeness (QED) is 0.140. The van der Waals surface area contributed by atoms with E-state index in [-0.39, 0.29) is 34.6 Å². The van der Waals surface area contributed by atoms with Crippen molar-refractivity contribution in [1.29, 1.82) is 0 Å². The molecule has 0 aliphatic heterocycles. The van der Waals surface area contributed by atoms with Gasteiger partial charge in [-0.25, -0.2) is 12.8 Å². The maximum Gasteiger partial charge on any atom is 0.264 e. The zero-order valence-electron chi connectivity index (χ0n) is 26.9. The van der Waals surface area contributed by atoms with Crippen LogP contribution in [0.3, 0.4) is 0 Å². The van der Waals surface area contributed by atoms with Crippen LogP contribution in [0.4, 0.5) is 10.1 Å². The smallest absolute Gasteiger partial charge is 0.264 e. The fraction of sp³-hybridized carbons (Fsp3) is 0.278. The molecule has 0 heterocycles. The van der Waals surface area contributed by atoms with E-state index in [1.165, 1.54) is 17.0 Å². The van der Waals surface area contributed by atoms with Gasteiger partial charge in [0.2, 0.25) is 11.8 Å². The summed E-state index contributed by atoms with van der Waals surface area (Å²) in [5.74, 6) is -1.14. The highest BCUT2D eigenvalue weighted by Crippen LogP contribution is 2.28. The highest BCUT2D eigenvalue weighted by Gasteiger charge is 2.35. The lowest BCUT2D eigenvalue weighted by Gasteiger charge is -2.34. The van der Waals surface area contributed by atoms with Gasteiger partial charge in [0.25, 0.3) is 10.0 Å². The summed E-state index contributed by atoms with van der Waals surface area (Å²) in [5.41, 5.74) is 1.56. The third-order valence-electron chi connectivity index (χ3n) is 7.73. The SMILES string of the molecule is CCOc1ccc(N(CC(=O)N(Cc2ccc(Cl)c(Cl)c2)[C@@H](Cc2ccccc2)C(=O)N[C@H](C)CC)S(=O)(=O)c2ccc(F)cc2)cc1. The van der Waals surface area contributed by atoms with E-state index in [0.29, 0.717) is 29.4 Å². The van der Waals surface area contributed by atoms with Gasteiger partial charge in [-0.3, -0.25) is 13.9 Å². The molecule has 0 aliphatic rings. The summed E-state index contributed by atoms with van der Waals surface area (Å²) < 4.78 is 48.5. The summed E-state index contributed by atoms with van der Waals surface area (Å²) in [4.78, 5) is 29.7. The first-order chi connectivity index (χ1) is 22.9. The number of carbonyl (C=O) groups excluding carboxylic acids is 2. The molecule has 2 amide bonds. The Hall–Kier alpha value is -4.12. The van der Waals surface area contributed by atoms with Crippen molar-refractivity contribution in [3.05, 3.63) is 124 Å². The molecule has 0 bridgehead atoms. The Morgan fingerprint density at radius 1 is 0.875 bits per heavy atom. The van der Waals surface area contributed by atoms with E-state index in [0.717, 1.165) is 34.1 Å². The number of amides is 2. The number of nitrogens with zero attached hydrogens (tertiary/aromatic N) is 2. The zero-order valence-corrected chi connectivity index (χ0v) is 29.2. The number of halogens is 3. The molecule has 2 atom stereocenters. The van der Waals surface area contributed by atoms with Gasteiger partial charge in [0.05, 0.1) is 27.2 Å². The Morgan fingerprint density at radius 3 is 2.15 bits per heavy atom. The molecule has 0 fully saturated rings. The minimum absolute atomic E-state index is 0.0745. The molecule has 0 aliphatic carbocycles. The van der Waals surface area contributed by atoms with Gasteiger partial charge in [0, 0.05) is 19.0 Å². The second-order valence-corrected chi connectivity index (χ2v) is 13.9. The van der Waals surface area contributed by atoms with Crippen LogP contribution in [0, 0.1) is 5.82 Å². The minimum atomic E-state index is -4.40. The second kappa shape index (κ2) is 16.8. The number of benzene rings is 4. The fourth-order valence-corrected chi connectivity index (χ4v) is 6.70. The Labute approximate surface area is 291 Å². The van der Waals surface area contributed by atoms with E-state index in [2.05, 4.69) is 5.32 Å². The summed E-state index contributed by atoms with van der Waals surface area (Å²) in [5, 5.41) is 3.58. The summed E-state index contributed by atoms with van der Waals surface area (Å²) in [6.07, 6.45) is 0.815. The lowest BCUT2D eigenvalue weighted by Crippen LogP contribution is -2.54. The zero-order chi connectivity index (χ0) is 34.8. The van der Waals surface area contributed by atoms with Crippen LogP contribution in [0.25, 0.3) is 0 Å². The number of sulfonamides is 1. The van der Waals surface area contributed by atoms with Gasteiger partial charge >= 0.3 is 0 Å². The van der Waals surface area contributed by atoms with E-state index in [1.54, 1.807) is 30.3 Å². The second-order valence-electron chi connectivity index (χ2n) is 11.2. The summed E-state index contributed by atoms with van der Waals surface area (Å²) in [6, 6.07) is 23.5. The van der Waals surface area contributed by atoms with E-state index >= 15 is 0 Å². The van der Waals surface area contributed by atoms with Crippen molar-refractivity contribution in [2.75, 3.05) is 17.5 Å². The molecule has 0 unspecified atom stereocenters. The molecule has 4 aromatic carbocycles. The highest BCUT2D eigenvalue weighted by atomic mass is 35.5. The van der Waals surface area contributed by atoms with Gasteiger partial charge in [-0.15, -0.1) is 0 Å². The molecule has 4 rings (SSSR count). The summed E-state index contributed by atoms with van der Waals surface area (Å²) in [7, 11) is -4.40. The van der Waals surface area contributed by atoms with Crippen LogP contribution in [0.15, 0.2) is 102 Å². The molecule has 48 heavy (non-hydrogen) atoms. The Balaban J connectivity index is 1.82. The van der Waals surface area contributed by atoms with Crippen LogP contribution >= 0.6 is 23.2 Å². The highest BCUT2D eigenvalue weighted by molar-refractivity contribution is 7.92. The molecule has 8 nitrogen and oxygen atoms in total. The molecule has 4 aromatic rings. The van der Waals surface area contributed by atoms with Crippen LogP contribution in [0.1, 0.15) is 38.3 Å². The molecule has 0 aromatic heterocycles. The Bertz CT molecular complexity index is 1790. The van der Waals surface area contributed by atoms with Crippen molar-refractivity contribution in [3.63, 3.8) is 0 Å². The average Bonchev–Trinajstić information content (AvgIpc) is 3.07. The largest absolute Gasteiger partial charge is 0.494 e. The molecule has 0 radical (unpaired) electrons. The first-order valence-corrected chi connectivity index (χ1v) is 17.7. The monoisotopic (exact) mass is 713 g/mol. The molecule has 0 saturated heterocycles. The predicted octanol–water partition coefficient (Wildman–Crippen LogP) is 7.28. The fourth-order valence-electron chi connectivity index (χ4n) is 4.97. The first kappa shape index (κ1) is 36.7. The van der Waals surface area contributed by atoms with Gasteiger partial charge in [-0.2, -0.15) is 0 Å². The van der Waals surface area contributed by atoms with Gasteiger partial charge in [0.1, 0.15) is 24.2 Å². The predicted molar refractivity (Wildman–Crippen MR) is 187 cm³/mol. The van der Waals surface area contributed by atoms with Gasteiger partial charge in [0.15, 0.2) is 0 Å². The number of nitrogens with one attached hydrogen (secondary N) is 1. The Kier molecular flexibility index (Phi) is 12.9. The molecular weight excluding hydrogens is 676 g/mol. The van der Waals surface area contributed by atoms with Crippen LogP contribution in [-0.4, -0.2) is 50.4 Å². The average molecular weight is 715 g/mol. The lowest BCUT2D eigenvalue weighted by molar-refractivity contribution is -0.140. The summed E-state index contributed by atoms with van der Waals surface area (Å²) >= 11 is 12.5. The van der Waals surface area contributed by atoms with Crippen molar-refractivity contribution < 1.29 is 27.1 Å². The molecule has 12 heteroatoms. The van der Waals surface area contributed by atoms with Crippen molar-refractivity contribution in [3.8, 4) is 5.75 Å². The number of rotatable bonds is 15. The van der Waals surface area contributed by atoms with Crippen molar-refractivity contribution >= 4 is 50.7 Å². The number of ether oxygens (including phenoxy) is 1. The number of hydrogen-bond acceptors (Lipinski definition) is 5. The van der Waals surface area contributed by atoms with Crippen LogP contribution in [0.2, 0.25) is 10.0 Å². The van der Waals surface area contributed by atoms with Crippen LogP contribution in [0.5, 0.6) is 5.75 Å². The topological polar surface area (TPSA) is 96.0 Å². The van der Waals surface area contributed by atoms with Gasteiger partial charge in [-0.1, -0.05) is 66.5 Å². The molecule has 0 saturated carbocycles. The van der Waals surface area contributed by atoms with Crippen LogP contribution < -0.4 is 14.4 Å². The van der Waals surface area contributed by atoms with Gasteiger partial charge < -0.3 is 15.0 Å². The number of carbonyl (C=O) groups is 2. The summed E-state index contributed by atoms with van der Waals surface area (Å²) in [6.45, 7) is 5.28. The molecule has 0 spiro atoms. The Morgan fingerprint density at radius 2 is 1.54 bits per heavy atom. The minimum Gasteiger partial charge on any atom is -0.494 e. The molecule has 254 valence electrons. The molecular formula is C36H38Cl2FN3O5S. The number of hydrogen-bond donors (Lipinski definition) is 1. The van der Waals surface area contributed by atoms with Gasteiger partial charge in [-0.05, 0) is 92.1 Å². The normalized spacial score (nSPS) is 12.5. The van der Waals surface area contributed by atoms with Crippen molar-refractivity contribution in [2.24, 2.45) is 0 Å². The number of anilines is 1. The molecule has 1 N–H and O–H groups in total. The van der Waals surface area contributed by atoms with Crippen molar-refractivity contribution in [2.45, 2.75) is 57.1 Å². The first-order valence-electron chi connectivity index (χ1n) is 15.5. The van der Waals surface area contributed by atoms with Crippen molar-refractivity contribution in [1.82, 2.24) is 10.2 Å². The lowest BCUT2D eigenvalue weighted by atomic mass is 10.0. The maximum absolute atomic E-state index is 14.6.